The van der Waals surface area contributed by atoms with Crippen molar-refractivity contribution in [2.24, 2.45) is 0 Å². The molecular weight excluding hydrogens is 306 g/mol. The number of benzene rings is 1. The number of carbonyl (C=O) groups is 1. The van der Waals surface area contributed by atoms with Crippen molar-refractivity contribution in [3.63, 3.8) is 0 Å². The molecule has 134 valence electrons. The second-order valence-corrected chi connectivity index (χ2v) is 7.63. The first-order valence-electron chi connectivity index (χ1n) is 8.45. The van der Waals surface area contributed by atoms with E-state index < -0.39 is 11.4 Å². The first-order valence-corrected chi connectivity index (χ1v) is 8.45. The van der Waals surface area contributed by atoms with Crippen LogP contribution >= 0.6 is 0 Å². The van der Waals surface area contributed by atoms with Crippen LogP contribution < -0.4 is 5.32 Å². The van der Waals surface area contributed by atoms with E-state index >= 15 is 0 Å². The number of nitrogens with one attached hydrogen (secondary N) is 1. The van der Waals surface area contributed by atoms with Crippen molar-refractivity contribution < 1.29 is 19.0 Å². The lowest BCUT2D eigenvalue weighted by molar-refractivity contribution is -0.159. The first-order chi connectivity index (χ1) is 11.1. The fourth-order valence-electron chi connectivity index (χ4n) is 2.66. The van der Waals surface area contributed by atoms with Gasteiger partial charge in [0.1, 0.15) is 11.7 Å². The molecule has 1 aliphatic rings. The molecule has 5 heteroatoms. The standard InChI is InChI=1S/C19H29NO4/c1-18(2,3)24-17(21)11-15(16-13-22-19(4,5)23-16)20-12-14-9-7-6-8-10-14/h6-10,15-16,20H,11-13H2,1-5H3/t15-,16-/m1/s1. The third-order valence-electron chi connectivity index (χ3n) is 3.70. The van der Waals surface area contributed by atoms with E-state index in [1.165, 1.54) is 0 Å². The highest BCUT2D eigenvalue weighted by molar-refractivity contribution is 5.70. The average molecular weight is 335 g/mol. The lowest BCUT2D eigenvalue weighted by atomic mass is 10.1. The highest BCUT2D eigenvalue weighted by atomic mass is 16.7. The Labute approximate surface area is 144 Å². The van der Waals surface area contributed by atoms with Crippen molar-refractivity contribution in [2.75, 3.05) is 6.61 Å². The average Bonchev–Trinajstić information content (AvgIpc) is 2.83. The molecule has 1 heterocycles. The van der Waals surface area contributed by atoms with Crippen molar-refractivity contribution in [3.8, 4) is 0 Å². The largest absolute Gasteiger partial charge is 0.460 e. The number of ether oxygens (including phenoxy) is 3. The summed E-state index contributed by atoms with van der Waals surface area (Å²) in [7, 11) is 0. The maximum absolute atomic E-state index is 12.2. The molecule has 0 unspecified atom stereocenters. The Morgan fingerprint density at radius 3 is 2.54 bits per heavy atom. The zero-order chi connectivity index (χ0) is 17.8. The molecule has 24 heavy (non-hydrogen) atoms. The van der Waals surface area contributed by atoms with E-state index in [0.717, 1.165) is 5.56 Å². The van der Waals surface area contributed by atoms with Gasteiger partial charge in [-0.25, -0.2) is 0 Å². The second kappa shape index (κ2) is 7.64. The van der Waals surface area contributed by atoms with Crippen molar-refractivity contribution in [3.05, 3.63) is 35.9 Å². The maximum Gasteiger partial charge on any atom is 0.307 e. The Morgan fingerprint density at radius 2 is 2.00 bits per heavy atom. The van der Waals surface area contributed by atoms with Gasteiger partial charge < -0.3 is 19.5 Å². The Kier molecular flexibility index (Phi) is 6.01. The van der Waals surface area contributed by atoms with Crippen LogP contribution in [0.1, 0.15) is 46.6 Å². The summed E-state index contributed by atoms with van der Waals surface area (Å²) < 4.78 is 17.0. The highest BCUT2D eigenvalue weighted by Crippen LogP contribution is 2.26. The van der Waals surface area contributed by atoms with Crippen LogP contribution in [0.25, 0.3) is 0 Å². The number of rotatable bonds is 6. The van der Waals surface area contributed by atoms with Crippen LogP contribution in [-0.2, 0) is 25.5 Å². The van der Waals surface area contributed by atoms with Crippen molar-refractivity contribution in [1.29, 1.82) is 0 Å². The molecular formula is C19H29NO4. The zero-order valence-electron chi connectivity index (χ0n) is 15.3. The molecule has 1 saturated heterocycles. The van der Waals surface area contributed by atoms with Crippen LogP contribution in [0.3, 0.4) is 0 Å². The molecule has 0 bridgehead atoms. The normalized spacial score (nSPS) is 21.5. The second-order valence-electron chi connectivity index (χ2n) is 7.63. The molecule has 2 rings (SSSR count). The van der Waals surface area contributed by atoms with Gasteiger partial charge in [0.15, 0.2) is 5.79 Å². The van der Waals surface area contributed by atoms with Crippen LogP contribution in [0.5, 0.6) is 0 Å². The van der Waals surface area contributed by atoms with E-state index in [4.69, 9.17) is 14.2 Å². The van der Waals surface area contributed by atoms with Crippen LogP contribution in [0.2, 0.25) is 0 Å². The fourth-order valence-corrected chi connectivity index (χ4v) is 2.66. The summed E-state index contributed by atoms with van der Waals surface area (Å²) in [6, 6.07) is 9.91. The van der Waals surface area contributed by atoms with Crippen molar-refractivity contribution in [1.82, 2.24) is 5.32 Å². The quantitative estimate of drug-likeness (QED) is 0.810. The molecule has 0 radical (unpaired) electrons. The Hall–Kier alpha value is -1.43. The van der Waals surface area contributed by atoms with E-state index in [1.807, 2.05) is 65.0 Å². The number of hydrogen-bond acceptors (Lipinski definition) is 5. The monoisotopic (exact) mass is 335 g/mol. The number of hydrogen-bond donors (Lipinski definition) is 1. The molecule has 0 aliphatic carbocycles. The number of carbonyl (C=O) groups excluding carboxylic acids is 1. The van der Waals surface area contributed by atoms with E-state index in [0.29, 0.717) is 13.2 Å². The van der Waals surface area contributed by atoms with Gasteiger partial charge in [-0.1, -0.05) is 30.3 Å². The van der Waals surface area contributed by atoms with Gasteiger partial charge >= 0.3 is 5.97 Å². The molecule has 0 spiro atoms. The van der Waals surface area contributed by atoms with Crippen LogP contribution in [0, 0.1) is 0 Å². The van der Waals surface area contributed by atoms with Gasteiger partial charge in [0.05, 0.1) is 13.0 Å². The fraction of sp³-hybridized carbons (Fsp3) is 0.632. The molecule has 0 aromatic heterocycles. The van der Waals surface area contributed by atoms with Gasteiger partial charge in [-0.15, -0.1) is 0 Å². The molecule has 1 aliphatic heterocycles. The van der Waals surface area contributed by atoms with E-state index in [-0.39, 0.29) is 24.5 Å². The summed E-state index contributed by atoms with van der Waals surface area (Å²) in [6.07, 6.45) is 0.0602. The highest BCUT2D eigenvalue weighted by Gasteiger charge is 2.38. The molecule has 0 saturated carbocycles. The van der Waals surface area contributed by atoms with Gasteiger partial charge in [0.25, 0.3) is 0 Å². The minimum Gasteiger partial charge on any atom is -0.460 e. The Bertz CT molecular complexity index is 536. The Balaban J connectivity index is 2.00. The zero-order valence-corrected chi connectivity index (χ0v) is 15.3. The lowest BCUT2D eigenvalue weighted by Crippen LogP contribution is -2.44. The topological polar surface area (TPSA) is 56.8 Å². The summed E-state index contributed by atoms with van der Waals surface area (Å²) in [5.41, 5.74) is 0.665. The summed E-state index contributed by atoms with van der Waals surface area (Å²) in [6.45, 7) is 10.5. The third-order valence-corrected chi connectivity index (χ3v) is 3.70. The smallest absolute Gasteiger partial charge is 0.307 e. The summed E-state index contributed by atoms with van der Waals surface area (Å²) >= 11 is 0. The molecule has 5 nitrogen and oxygen atoms in total. The summed E-state index contributed by atoms with van der Waals surface area (Å²) in [4.78, 5) is 12.2. The Morgan fingerprint density at radius 1 is 1.33 bits per heavy atom. The van der Waals surface area contributed by atoms with Crippen LogP contribution in [0.4, 0.5) is 0 Å². The molecule has 1 fully saturated rings. The minimum absolute atomic E-state index is 0.165. The number of esters is 1. The van der Waals surface area contributed by atoms with E-state index in [1.54, 1.807) is 0 Å². The molecule has 1 aromatic rings. The van der Waals surface area contributed by atoms with Crippen molar-refractivity contribution >= 4 is 5.97 Å². The first kappa shape index (κ1) is 18.9. The van der Waals surface area contributed by atoms with Crippen LogP contribution in [0.15, 0.2) is 30.3 Å². The molecule has 1 aromatic carbocycles. The predicted octanol–water partition coefficient (Wildman–Crippen LogP) is 3.03. The summed E-state index contributed by atoms with van der Waals surface area (Å²) in [5.74, 6) is -0.855. The lowest BCUT2D eigenvalue weighted by Gasteiger charge is -2.27. The van der Waals surface area contributed by atoms with Gasteiger partial charge in [-0.05, 0) is 40.2 Å². The van der Waals surface area contributed by atoms with Crippen molar-refractivity contribution in [2.45, 2.75) is 71.1 Å². The van der Waals surface area contributed by atoms with E-state index in [2.05, 4.69) is 5.32 Å². The molecule has 1 N–H and O–H groups in total. The van der Waals surface area contributed by atoms with Crippen LogP contribution in [-0.4, -0.2) is 36.1 Å². The molecule has 2 atom stereocenters. The minimum atomic E-state index is -0.620. The van der Waals surface area contributed by atoms with E-state index in [9.17, 15) is 4.79 Å². The van der Waals surface area contributed by atoms with Gasteiger partial charge in [0, 0.05) is 12.6 Å². The third kappa shape index (κ3) is 6.23. The maximum atomic E-state index is 12.2. The van der Waals surface area contributed by atoms with Gasteiger partial charge in [0.2, 0.25) is 0 Å². The molecule has 0 amide bonds. The SMILES string of the molecule is CC(C)(C)OC(=O)C[C@@H](NCc1ccccc1)[C@H]1COC(C)(C)O1. The van der Waals surface area contributed by atoms with Gasteiger partial charge in [-0.3, -0.25) is 4.79 Å². The van der Waals surface area contributed by atoms with Gasteiger partial charge in [-0.2, -0.15) is 0 Å². The summed E-state index contributed by atoms with van der Waals surface area (Å²) in [5, 5.41) is 3.43. The predicted molar refractivity (Wildman–Crippen MR) is 92.4 cm³/mol.